The van der Waals surface area contributed by atoms with Crippen molar-refractivity contribution < 1.29 is 19.8 Å². The van der Waals surface area contributed by atoms with Crippen molar-refractivity contribution in [1.82, 2.24) is 0 Å². The summed E-state index contributed by atoms with van der Waals surface area (Å²) in [6.45, 7) is 0. The zero-order chi connectivity index (χ0) is 6.53. The van der Waals surface area contributed by atoms with Crippen LogP contribution in [0, 0.1) is 0 Å². The molecule has 9 heavy (non-hydrogen) atoms. The molecular formula is C8H11Pt. The van der Waals surface area contributed by atoms with Crippen LogP contribution < -0.4 is 0 Å². The van der Waals surface area contributed by atoms with Crippen molar-refractivity contribution in [1.29, 1.82) is 0 Å². The van der Waals surface area contributed by atoms with E-state index in [0.29, 0.717) is 0 Å². The Hall–Kier alpha value is 0.168. The SMILES string of the molecule is [Pt][C]1=CCCC=CCC1. The Morgan fingerprint density at radius 2 is 1.89 bits per heavy atom. The van der Waals surface area contributed by atoms with Gasteiger partial charge in [0.15, 0.2) is 0 Å². The summed E-state index contributed by atoms with van der Waals surface area (Å²) in [5.74, 6) is 0. The molecule has 0 nitrogen and oxygen atoms in total. The van der Waals surface area contributed by atoms with Gasteiger partial charge in [-0.1, -0.05) is 0 Å². The van der Waals surface area contributed by atoms with E-state index in [2.05, 4.69) is 38.0 Å². The first kappa shape index (κ1) is 7.28. The van der Waals surface area contributed by atoms with Gasteiger partial charge in [0.1, 0.15) is 0 Å². The summed E-state index contributed by atoms with van der Waals surface area (Å²) in [4.78, 5) is 0. The summed E-state index contributed by atoms with van der Waals surface area (Å²) in [6.07, 6.45) is 11.8. The molecule has 0 saturated carbocycles. The van der Waals surface area contributed by atoms with E-state index in [-0.39, 0.29) is 0 Å². The third kappa shape index (κ3) is 3.01. The van der Waals surface area contributed by atoms with E-state index < -0.39 is 0 Å². The van der Waals surface area contributed by atoms with Crippen molar-refractivity contribution >= 4 is 0 Å². The van der Waals surface area contributed by atoms with Gasteiger partial charge in [-0.05, 0) is 0 Å². The van der Waals surface area contributed by atoms with Gasteiger partial charge in [0, 0.05) is 0 Å². The van der Waals surface area contributed by atoms with Crippen LogP contribution in [0.15, 0.2) is 22.2 Å². The van der Waals surface area contributed by atoms with Gasteiger partial charge in [0.2, 0.25) is 0 Å². The Labute approximate surface area is 67.9 Å². The maximum atomic E-state index is 2.41. The number of hydrogen-bond donors (Lipinski definition) is 0. The molecule has 0 amide bonds. The van der Waals surface area contributed by atoms with E-state index in [9.17, 15) is 0 Å². The summed E-state index contributed by atoms with van der Waals surface area (Å²) in [7, 11) is 0. The second-order valence-electron chi connectivity index (χ2n) is 2.20. The summed E-state index contributed by atoms with van der Waals surface area (Å²) < 4.78 is 1.53. The molecule has 0 N–H and O–H groups in total. The van der Waals surface area contributed by atoms with Crippen LogP contribution >= 0.6 is 0 Å². The van der Waals surface area contributed by atoms with Gasteiger partial charge in [0.25, 0.3) is 0 Å². The molecule has 0 aromatic heterocycles. The van der Waals surface area contributed by atoms with Crippen molar-refractivity contribution in [3.05, 3.63) is 22.2 Å². The van der Waals surface area contributed by atoms with Gasteiger partial charge in [-0.25, -0.2) is 0 Å². The molecule has 0 aliphatic heterocycles. The first-order chi connectivity index (χ1) is 4.39. The fraction of sp³-hybridized carbons (Fsp3) is 0.500. The monoisotopic (exact) mass is 302 g/mol. The molecular weight excluding hydrogens is 291 g/mol. The fourth-order valence-corrected chi connectivity index (χ4v) is 1.53. The molecule has 1 aliphatic carbocycles. The molecule has 1 heteroatoms. The van der Waals surface area contributed by atoms with E-state index in [0.717, 1.165) is 0 Å². The molecule has 0 aromatic rings. The van der Waals surface area contributed by atoms with Crippen LogP contribution in [0.2, 0.25) is 0 Å². The van der Waals surface area contributed by atoms with Gasteiger partial charge < -0.3 is 0 Å². The molecule has 1 aliphatic rings. The second-order valence-corrected chi connectivity index (χ2v) is 3.66. The van der Waals surface area contributed by atoms with Crippen LogP contribution in [-0.4, -0.2) is 0 Å². The molecule has 0 heterocycles. The van der Waals surface area contributed by atoms with Crippen LogP contribution in [0.25, 0.3) is 0 Å². The van der Waals surface area contributed by atoms with E-state index in [1.165, 1.54) is 29.6 Å². The van der Waals surface area contributed by atoms with Crippen LogP contribution in [-0.2, 0) is 19.8 Å². The molecule has 0 bridgehead atoms. The van der Waals surface area contributed by atoms with Crippen LogP contribution in [0.3, 0.4) is 0 Å². The van der Waals surface area contributed by atoms with Gasteiger partial charge in [-0.15, -0.1) is 0 Å². The van der Waals surface area contributed by atoms with Crippen molar-refractivity contribution in [2.75, 3.05) is 0 Å². The third-order valence-corrected chi connectivity index (χ3v) is 2.42. The third-order valence-electron chi connectivity index (χ3n) is 1.39. The van der Waals surface area contributed by atoms with Gasteiger partial charge in [-0.2, -0.15) is 0 Å². The summed E-state index contributed by atoms with van der Waals surface area (Å²) >= 11 is 2.41. The molecule has 1 rings (SSSR count). The van der Waals surface area contributed by atoms with Crippen LogP contribution in [0.4, 0.5) is 0 Å². The van der Waals surface area contributed by atoms with Crippen molar-refractivity contribution in [2.45, 2.75) is 25.7 Å². The predicted octanol–water partition coefficient (Wildman–Crippen LogP) is 2.55. The van der Waals surface area contributed by atoms with E-state index in [1.54, 1.807) is 0 Å². The molecule has 0 saturated heterocycles. The zero-order valence-electron chi connectivity index (χ0n) is 5.38. The van der Waals surface area contributed by atoms with E-state index in [1.807, 2.05) is 0 Å². The minimum atomic E-state index is 1.23. The average molecular weight is 302 g/mol. The summed E-state index contributed by atoms with van der Waals surface area (Å²) in [5, 5.41) is 0. The van der Waals surface area contributed by atoms with E-state index >= 15 is 0 Å². The molecule has 0 atom stereocenters. The Bertz CT molecular complexity index is 134. The number of rotatable bonds is 0. The predicted molar refractivity (Wildman–Crippen MR) is 35.7 cm³/mol. The Morgan fingerprint density at radius 3 is 2.78 bits per heavy atom. The quantitative estimate of drug-likeness (QED) is 0.603. The average Bonchev–Trinajstić information content (AvgIpc) is 1.79. The molecule has 0 fully saturated rings. The molecule has 0 aromatic carbocycles. The maximum absolute atomic E-state index is 2.41. The minimum absolute atomic E-state index is 1.23. The van der Waals surface area contributed by atoms with Crippen molar-refractivity contribution in [2.24, 2.45) is 0 Å². The summed E-state index contributed by atoms with van der Waals surface area (Å²) in [6, 6.07) is 0. The molecule has 0 radical (unpaired) electrons. The normalized spacial score (nSPS) is 20.4. The van der Waals surface area contributed by atoms with Crippen LogP contribution in [0.1, 0.15) is 25.7 Å². The Morgan fingerprint density at radius 1 is 1.11 bits per heavy atom. The first-order valence-electron chi connectivity index (χ1n) is 3.36. The standard InChI is InChI=1S/C8H11.Pt/c1-2-4-6-8-7-5-3-1;/h1-2,7H,3-6H2;. The topological polar surface area (TPSA) is 0 Å². The van der Waals surface area contributed by atoms with Gasteiger partial charge in [0.05, 0.1) is 0 Å². The first-order valence-corrected chi connectivity index (χ1v) is 4.49. The number of allylic oxidation sites excluding steroid dienone is 4. The van der Waals surface area contributed by atoms with Crippen molar-refractivity contribution in [3.63, 3.8) is 0 Å². The fourth-order valence-electron chi connectivity index (χ4n) is 0.877. The summed E-state index contributed by atoms with van der Waals surface area (Å²) in [5.41, 5.74) is 0. The number of hydrogen-bond acceptors (Lipinski definition) is 0. The molecule has 0 unspecified atom stereocenters. The Balaban J connectivity index is 2.41. The molecule has 53 valence electrons. The van der Waals surface area contributed by atoms with Gasteiger partial charge in [-0.3, -0.25) is 0 Å². The second kappa shape index (κ2) is 4.06. The zero-order valence-corrected chi connectivity index (χ0v) is 7.65. The van der Waals surface area contributed by atoms with Crippen LogP contribution in [0.5, 0.6) is 0 Å². The van der Waals surface area contributed by atoms with Crippen molar-refractivity contribution in [3.8, 4) is 0 Å². The molecule has 0 spiro atoms. The Kier molecular flexibility index (Phi) is 3.28. The van der Waals surface area contributed by atoms with Gasteiger partial charge >= 0.3 is 67.7 Å². The van der Waals surface area contributed by atoms with E-state index in [4.69, 9.17) is 0 Å².